The van der Waals surface area contributed by atoms with Crippen molar-refractivity contribution in [3.05, 3.63) is 152 Å². The average Bonchev–Trinajstić information content (AvgIpc) is 3.75. The second-order valence-corrected chi connectivity index (χ2v) is 12.8. The van der Waals surface area contributed by atoms with Gasteiger partial charge in [0, 0.05) is 31.2 Å². The van der Waals surface area contributed by atoms with Crippen molar-refractivity contribution in [3.63, 3.8) is 0 Å². The van der Waals surface area contributed by atoms with Gasteiger partial charge in [0.15, 0.2) is 5.58 Å². The van der Waals surface area contributed by atoms with E-state index in [1.807, 2.05) is 11.3 Å². The zero-order chi connectivity index (χ0) is 29.5. The fourth-order valence-corrected chi connectivity index (χ4v) is 8.35. The third-order valence-corrected chi connectivity index (χ3v) is 10.3. The maximum Gasteiger partial charge on any atom is 0.161 e. The van der Waals surface area contributed by atoms with Crippen molar-refractivity contribution in [2.75, 3.05) is 0 Å². The number of hydrogen-bond donors (Lipinski definition) is 0. The minimum absolute atomic E-state index is 0.898. The van der Waals surface area contributed by atoms with Crippen LogP contribution >= 0.6 is 11.3 Å². The Morgan fingerprint density at radius 3 is 2.09 bits per heavy atom. The van der Waals surface area contributed by atoms with Crippen LogP contribution < -0.4 is 0 Å². The Morgan fingerprint density at radius 2 is 1.20 bits per heavy atom. The van der Waals surface area contributed by atoms with Crippen molar-refractivity contribution in [2.45, 2.75) is 0 Å². The van der Waals surface area contributed by atoms with Crippen molar-refractivity contribution in [1.82, 2.24) is 4.57 Å². The Kier molecular flexibility index (Phi) is 5.19. The molecule has 0 spiro atoms. The molecular weight excluding hydrogens is 567 g/mol. The zero-order valence-electron chi connectivity index (χ0n) is 24.2. The largest absolute Gasteiger partial charge is 0.454 e. The Labute approximate surface area is 263 Å². The summed E-state index contributed by atoms with van der Waals surface area (Å²) in [5.74, 6) is 0. The van der Waals surface area contributed by atoms with E-state index in [4.69, 9.17) is 4.42 Å². The molecule has 0 aliphatic rings. The van der Waals surface area contributed by atoms with E-state index in [1.165, 1.54) is 53.2 Å². The van der Waals surface area contributed by atoms with Crippen LogP contribution in [-0.2, 0) is 0 Å². The molecule has 10 aromatic rings. The number of para-hydroxylation sites is 2. The number of nitrogens with zero attached hydrogens (tertiary/aromatic N) is 1. The first-order valence-electron chi connectivity index (χ1n) is 15.3. The summed E-state index contributed by atoms with van der Waals surface area (Å²) < 4.78 is 11.7. The summed E-state index contributed by atoms with van der Waals surface area (Å²) in [6.07, 6.45) is 0. The van der Waals surface area contributed by atoms with Crippen LogP contribution in [0.5, 0.6) is 0 Å². The molecule has 3 aromatic heterocycles. The van der Waals surface area contributed by atoms with E-state index in [0.717, 1.165) is 38.7 Å². The van der Waals surface area contributed by atoms with Crippen LogP contribution in [0.2, 0.25) is 0 Å². The van der Waals surface area contributed by atoms with Gasteiger partial charge in [0.25, 0.3) is 0 Å². The minimum Gasteiger partial charge on any atom is -0.454 e. The molecule has 0 saturated heterocycles. The first-order chi connectivity index (χ1) is 22.3. The third-order valence-electron chi connectivity index (χ3n) is 9.19. The lowest BCUT2D eigenvalue weighted by molar-refractivity contribution is 0.673. The highest BCUT2D eigenvalue weighted by Crippen LogP contribution is 2.45. The van der Waals surface area contributed by atoms with Gasteiger partial charge in [-0.25, -0.2) is 0 Å². The first kappa shape index (κ1) is 24.8. The van der Waals surface area contributed by atoms with E-state index in [-0.39, 0.29) is 0 Å². The van der Waals surface area contributed by atoms with Crippen LogP contribution in [0.25, 0.3) is 91.9 Å². The van der Waals surface area contributed by atoms with Crippen molar-refractivity contribution in [1.29, 1.82) is 0 Å². The van der Waals surface area contributed by atoms with Crippen LogP contribution in [-0.4, -0.2) is 4.57 Å². The lowest BCUT2D eigenvalue weighted by Gasteiger charge is -2.13. The smallest absolute Gasteiger partial charge is 0.161 e. The number of rotatable bonds is 3. The maximum atomic E-state index is 6.68. The molecule has 0 radical (unpaired) electrons. The van der Waals surface area contributed by atoms with Gasteiger partial charge in [0.2, 0.25) is 0 Å². The number of fused-ring (bicyclic) bond motifs is 9. The minimum atomic E-state index is 0.898. The van der Waals surface area contributed by atoms with Crippen molar-refractivity contribution in [2.24, 2.45) is 0 Å². The highest BCUT2D eigenvalue weighted by molar-refractivity contribution is 7.25. The summed E-state index contributed by atoms with van der Waals surface area (Å²) in [6, 6.07) is 54.7. The predicted molar refractivity (Wildman–Crippen MR) is 192 cm³/mol. The topological polar surface area (TPSA) is 18.1 Å². The van der Waals surface area contributed by atoms with Gasteiger partial charge in [-0.15, -0.1) is 11.3 Å². The average molecular weight is 592 g/mol. The summed E-state index contributed by atoms with van der Waals surface area (Å²) in [4.78, 5) is 0. The monoisotopic (exact) mass is 591 g/mol. The maximum absolute atomic E-state index is 6.68. The molecule has 0 N–H and O–H groups in total. The fourth-order valence-electron chi connectivity index (χ4n) is 7.18. The summed E-state index contributed by atoms with van der Waals surface area (Å²) in [5, 5.41) is 7.46. The number of furan rings is 1. The van der Waals surface area contributed by atoms with E-state index < -0.39 is 0 Å². The van der Waals surface area contributed by atoms with Crippen molar-refractivity contribution >= 4 is 75.3 Å². The number of hydrogen-bond acceptors (Lipinski definition) is 2. The highest BCUT2D eigenvalue weighted by Gasteiger charge is 2.22. The molecule has 210 valence electrons. The van der Waals surface area contributed by atoms with Crippen molar-refractivity contribution in [3.8, 4) is 27.9 Å². The summed E-state index contributed by atoms with van der Waals surface area (Å²) >= 11 is 1.88. The second kappa shape index (κ2) is 9.43. The second-order valence-electron chi connectivity index (χ2n) is 11.7. The lowest BCUT2D eigenvalue weighted by atomic mass is 9.92. The molecule has 0 amide bonds. The Morgan fingerprint density at radius 1 is 0.489 bits per heavy atom. The molecule has 45 heavy (non-hydrogen) atoms. The molecule has 0 aliphatic carbocycles. The normalized spacial score (nSPS) is 12.0. The van der Waals surface area contributed by atoms with Crippen LogP contribution in [0.4, 0.5) is 0 Å². The molecule has 7 aromatic carbocycles. The molecule has 10 rings (SSSR count). The van der Waals surface area contributed by atoms with Crippen LogP contribution in [0.1, 0.15) is 0 Å². The molecule has 2 nitrogen and oxygen atoms in total. The predicted octanol–water partition coefficient (Wildman–Crippen LogP) is 12.4. The summed E-state index contributed by atoms with van der Waals surface area (Å²) in [7, 11) is 0. The van der Waals surface area contributed by atoms with Gasteiger partial charge in [-0.05, 0) is 81.6 Å². The van der Waals surface area contributed by atoms with E-state index in [2.05, 4.69) is 156 Å². The SMILES string of the molecule is c1ccc(-n2c3ccccc3c3oc4cccc(-c5ccccc5-c5ccc6c(c5)sc5cc7ccccc7cc56)c4c32)cc1. The van der Waals surface area contributed by atoms with Crippen LogP contribution in [0.15, 0.2) is 156 Å². The Balaban J connectivity index is 1.23. The number of aromatic nitrogens is 1. The summed E-state index contributed by atoms with van der Waals surface area (Å²) in [6.45, 7) is 0. The van der Waals surface area contributed by atoms with E-state index >= 15 is 0 Å². The molecule has 3 heteroatoms. The van der Waals surface area contributed by atoms with Gasteiger partial charge >= 0.3 is 0 Å². The van der Waals surface area contributed by atoms with Gasteiger partial charge in [-0.1, -0.05) is 103 Å². The van der Waals surface area contributed by atoms with Crippen molar-refractivity contribution < 1.29 is 4.42 Å². The molecule has 0 aliphatic heterocycles. The van der Waals surface area contributed by atoms with Crippen LogP contribution in [0.3, 0.4) is 0 Å². The molecule has 3 heterocycles. The van der Waals surface area contributed by atoms with Gasteiger partial charge in [-0.2, -0.15) is 0 Å². The molecule has 0 bridgehead atoms. The van der Waals surface area contributed by atoms with Gasteiger partial charge in [0.1, 0.15) is 11.1 Å². The third kappa shape index (κ3) is 3.62. The van der Waals surface area contributed by atoms with Gasteiger partial charge in [0.05, 0.1) is 10.9 Å². The fraction of sp³-hybridized carbons (Fsp3) is 0. The lowest BCUT2D eigenvalue weighted by Crippen LogP contribution is -1.94. The van der Waals surface area contributed by atoms with Crippen LogP contribution in [0, 0.1) is 0 Å². The summed E-state index contributed by atoms with van der Waals surface area (Å²) in [5.41, 5.74) is 9.99. The molecule has 0 fully saturated rings. The first-order valence-corrected chi connectivity index (χ1v) is 16.1. The zero-order valence-corrected chi connectivity index (χ0v) is 25.0. The molecule has 0 saturated carbocycles. The van der Waals surface area contributed by atoms with Gasteiger partial charge in [-0.3, -0.25) is 0 Å². The molecule has 0 atom stereocenters. The van der Waals surface area contributed by atoms with Gasteiger partial charge < -0.3 is 8.98 Å². The molecular formula is C42H25NOS. The number of benzene rings is 7. The number of thiophene rings is 1. The van der Waals surface area contributed by atoms with E-state index in [1.54, 1.807) is 0 Å². The Bertz CT molecular complexity index is 2760. The molecule has 0 unspecified atom stereocenters. The van der Waals surface area contributed by atoms with E-state index in [0.29, 0.717) is 0 Å². The van der Waals surface area contributed by atoms with E-state index in [9.17, 15) is 0 Å². The standard InChI is InChI=1S/C42H25NOS/c1-2-13-29(14-3-1)43-36-19-9-8-17-34(36)42-41(43)40-33(18-10-20-37(40)44-42)31-16-7-6-15-30(31)28-21-22-32-35-23-26-11-4-5-12-27(26)24-39(35)45-38(32)25-28/h1-25H. The Hall–Kier alpha value is -5.64. The quantitative estimate of drug-likeness (QED) is 0.200. The highest BCUT2D eigenvalue weighted by atomic mass is 32.1.